The van der Waals surface area contributed by atoms with E-state index in [0.717, 1.165) is 5.92 Å². The minimum absolute atomic E-state index is 0.433. The minimum atomic E-state index is 0.433. The van der Waals surface area contributed by atoms with Gasteiger partial charge in [0.25, 0.3) is 0 Å². The van der Waals surface area contributed by atoms with Crippen LogP contribution in [-0.2, 0) is 0 Å². The molecule has 0 aromatic carbocycles. The number of nitrogens with zero attached hydrogens (tertiary/aromatic N) is 2. The van der Waals surface area contributed by atoms with E-state index in [9.17, 15) is 0 Å². The molecule has 0 radical (unpaired) electrons. The van der Waals surface area contributed by atoms with Crippen LogP contribution in [0.15, 0.2) is 0 Å². The fourth-order valence-electron chi connectivity index (χ4n) is 2.88. The molecule has 1 saturated carbocycles. The summed E-state index contributed by atoms with van der Waals surface area (Å²) in [6, 6.07) is 0.433. The van der Waals surface area contributed by atoms with Gasteiger partial charge in [0.05, 0.1) is 0 Å². The van der Waals surface area contributed by atoms with Gasteiger partial charge in [-0.1, -0.05) is 6.92 Å². The van der Waals surface area contributed by atoms with E-state index in [0.29, 0.717) is 12.0 Å². The summed E-state index contributed by atoms with van der Waals surface area (Å²) < 4.78 is 0. The molecule has 0 aromatic heterocycles. The smallest absolute Gasteiger partial charge is 0.00795 e. The Morgan fingerprint density at radius 1 is 1.12 bits per heavy atom. The molecular weight excluding hydrogens is 210 g/mol. The van der Waals surface area contributed by atoms with Crippen molar-refractivity contribution in [2.45, 2.75) is 38.6 Å². The lowest BCUT2D eigenvalue weighted by Crippen LogP contribution is -2.42. The second kappa shape index (κ2) is 7.34. The molecule has 1 aliphatic carbocycles. The molecule has 0 aliphatic heterocycles. The number of nitrogens with two attached hydrogens (primary N) is 1. The molecule has 2 N–H and O–H groups in total. The van der Waals surface area contributed by atoms with E-state index in [1.54, 1.807) is 0 Å². The molecule has 3 unspecified atom stereocenters. The van der Waals surface area contributed by atoms with E-state index in [4.69, 9.17) is 5.73 Å². The molecule has 17 heavy (non-hydrogen) atoms. The second-order valence-electron chi connectivity index (χ2n) is 6.26. The lowest BCUT2D eigenvalue weighted by Gasteiger charge is -2.35. The van der Waals surface area contributed by atoms with E-state index in [-0.39, 0.29) is 0 Å². The summed E-state index contributed by atoms with van der Waals surface area (Å²) >= 11 is 0. The highest BCUT2D eigenvalue weighted by Crippen LogP contribution is 2.28. The van der Waals surface area contributed by atoms with Gasteiger partial charge in [-0.15, -0.1) is 0 Å². The van der Waals surface area contributed by atoms with Gasteiger partial charge in [0.2, 0.25) is 0 Å². The van der Waals surface area contributed by atoms with Crippen LogP contribution in [0.2, 0.25) is 0 Å². The highest BCUT2D eigenvalue weighted by atomic mass is 15.1. The van der Waals surface area contributed by atoms with Crippen LogP contribution in [0.3, 0.4) is 0 Å². The van der Waals surface area contributed by atoms with E-state index in [2.05, 4.69) is 37.9 Å². The lowest BCUT2D eigenvalue weighted by atomic mass is 9.79. The molecule has 0 heterocycles. The maximum atomic E-state index is 6.23. The summed E-state index contributed by atoms with van der Waals surface area (Å²) in [6.07, 6.45) is 5.11. The Morgan fingerprint density at radius 2 is 1.82 bits per heavy atom. The third-order valence-electron chi connectivity index (χ3n) is 3.99. The van der Waals surface area contributed by atoms with Gasteiger partial charge in [0, 0.05) is 12.6 Å². The first-order valence-electron chi connectivity index (χ1n) is 7.08. The average molecular weight is 241 g/mol. The lowest BCUT2D eigenvalue weighted by molar-refractivity contribution is 0.177. The van der Waals surface area contributed by atoms with Crippen molar-refractivity contribution in [2.75, 3.05) is 40.8 Å². The molecule has 1 rings (SSSR count). The highest BCUT2D eigenvalue weighted by Gasteiger charge is 2.26. The molecule has 102 valence electrons. The van der Waals surface area contributed by atoms with Crippen LogP contribution in [0.25, 0.3) is 0 Å². The van der Waals surface area contributed by atoms with Crippen molar-refractivity contribution in [3.8, 4) is 0 Å². The van der Waals surface area contributed by atoms with E-state index < -0.39 is 0 Å². The molecule has 1 aliphatic rings. The quantitative estimate of drug-likeness (QED) is 0.767. The first-order chi connectivity index (χ1) is 7.99. The van der Waals surface area contributed by atoms with Crippen molar-refractivity contribution in [2.24, 2.45) is 17.6 Å². The number of rotatable bonds is 6. The van der Waals surface area contributed by atoms with Crippen LogP contribution in [-0.4, -0.2) is 56.6 Å². The van der Waals surface area contributed by atoms with Gasteiger partial charge in [0.1, 0.15) is 0 Å². The molecule has 0 aromatic rings. The fourth-order valence-corrected chi connectivity index (χ4v) is 2.88. The predicted molar refractivity (Wildman–Crippen MR) is 75.1 cm³/mol. The van der Waals surface area contributed by atoms with Gasteiger partial charge >= 0.3 is 0 Å². The summed E-state index contributed by atoms with van der Waals surface area (Å²) in [5.41, 5.74) is 6.23. The largest absolute Gasteiger partial charge is 0.327 e. The molecule has 3 heteroatoms. The highest BCUT2D eigenvalue weighted by molar-refractivity contribution is 4.82. The van der Waals surface area contributed by atoms with Crippen molar-refractivity contribution in [3.05, 3.63) is 0 Å². The molecule has 3 nitrogen and oxygen atoms in total. The Bertz CT molecular complexity index is 206. The minimum Gasteiger partial charge on any atom is -0.327 e. The Morgan fingerprint density at radius 3 is 2.47 bits per heavy atom. The Balaban J connectivity index is 2.22. The fraction of sp³-hybridized carbons (Fsp3) is 1.00. The van der Waals surface area contributed by atoms with Crippen molar-refractivity contribution in [1.82, 2.24) is 9.80 Å². The normalized spacial score (nSPS) is 30.2. The van der Waals surface area contributed by atoms with Gasteiger partial charge in [-0.3, -0.25) is 0 Å². The summed E-state index contributed by atoms with van der Waals surface area (Å²) in [7, 11) is 6.51. The zero-order valence-electron chi connectivity index (χ0n) is 12.2. The topological polar surface area (TPSA) is 32.5 Å². The average Bonchev–Trinajstić information content (AvgIpc) is 2.23. The van der Waals surface area contributed by atoms with E-state index in [1.807, 2.05) is 0 Å². The van der Waals surface area contributed by atoms with Crippen LogP contribution >= 0.6 is 0 Å². The third-order valence-corrected chi connectivity index (χ3v) is 3.99. The maximum absolute atomic E-state index is 6.23. The molecule has 0 bridgehead atoms. The van der Waals surface area contributed by atoms with Crippen LogP contribution in [0, 0.1) is 11.8 Å². The standard InChI is InChI=1S/C14H31N3/c1-12-6-7-14(15)13(10-12)11-17(4)9-5-8-16(2)3/h12-14H,5-11,15H2,1-4H3. The molecule has 1 fully saturated rings. The first kappa shape index (κ1) is 14.9. The van der Waals surface area contributed by atoms with E-state index in [1.165, 1.54) is 45.3 Å². The summed E-state index contributed by atoms with van der Waals surface area (Å²) in [6.45, 7) is 5.91. The third kappa shape index (κ3) is 5.84. The van der Waals surface area contributed by atoms with E-state index >= 15 is 0 Å². The van der Waals surface area contributed by atoms with Crippen LogP contribution in [0.4, 0.5) is 0 Å². The molecule has 0 saturated heterocycles. The van der Waals surface area contributed by atoms with Crippen LogP contribution in [0.5, 0.6) is 0 Å². The zero-order chi connectivity index (χ0) is 12.8. The summed E-state index contributed by atoms with van der Waals surface area (Å²) in [5.74, 6) is 1.58. The van der Waals surface area contributed by atoms with Crippen molar-refractivity contribution < 1.29 is 0 Å². The Hall–Kier alpha value is -0.120. The molecule has 0 spiro atoms. The van der Waals surface area contributed by atoms with Crippen molar-refractivity contribution in [1.29, 1.82) is 0 Å². The molecule has 3 atom stereocenters. The van der Waals surface area contributed by atoms with Gasteiger partial charge in [-0.05, 0) is 71.8 Å². The number of hydrogen-bond acceptors (Lipinski definition) is 3. The summed E-state index contributed by atoms with van der Waals surface area (Å²) in [5, 5.41) is 0. The monoisotopic (exact) mass is 241 g/mol. The predicted octanol–water partition coefficient (Wildman–Crippen LogP) is 1.63. The maximum Gasteiger partial charge on any atom is 0.00795 e. The van der Waals surface area contributed by atoms with Gasteiger partial charge in [0.15, 0.2) is 0 Å². The number of hydrogen-bond donors (Lipinski definition) is 1. The van der Waals surface area contributed by atoms with Crippen molar-refractivity contribution in [3.63, 3.8) is 0 Å². The molecule has 0 amide bonds. The van der Waals surface area contributed by atoms with Crippen LogP contribution in [0.1, 0.15) is 32.6 Å². The molecular formula is C14H31N3. The van der Waals surface area contributed by atoms with Crippen LogP contribution < -0.4 is 5.73 Å². The Labute approximate surface area is 107 Å². The Kier molecular flexibility index (Phi) is 6.45. The SMILES string of the molecule is CC1CCC(N)C(CN(C)CCCN(C)C)C1. The van der Waals surface area contributed by atoms with Gasteiger partial charge < -0.3 is 15.5 Å². The van der Waals surface area contributed by atoms with Crippen molar-refractivity contribution >= 4 is 0 Å². The first-order valence-corrected chi connectivity index (χ1v) is 7.08. The van der Waals surface area contributed by atoms with Gasteiger partial charge in [-0.2, -0.15) is 0 Å². The second-order valence-corrected chi connectivity index (χ2v) is 6.26. The summed E-state index contributed by atoms with van der Waals surface area (Å²) in [4.78, 5) is 4.72. The zero-order valence-corrected chi connectivity index (χ0v) is 12.2. The van der Waals surface area contributed by atoms with Gasteiger partial charge in [-0.25, -0.2) is 0 Å².